The van der Waals surface area contributed by atoms with Crippen molar-refractivity contribution in [2.75, 3.05) is 0 Å². The molecule has 0 saturated carbocycles. The van der Waals surface area contributed by atoms with Gasteiger partial charge in [0, 0.05) is 23.3 Å². The first-order chi connectivity index (χ1) is 9.27. The minimum Gasteiger partial charge on any atom is -0.287 e. The Morgan fingerprint density at radius 3 is 2.74 bits per heavy atom. The van der Waals surface area contributed by atoms with Crippen LogP contribution in [0.15, 0.2) is 48.8 Å². The molecule has 0 N–H and O–H groups in total. The largest absolute Gasteiger partial charge is 0.287 e. The van der Waals surface area contributed by atoms with E-state index in [-0.39, 0.29) is 11.7 Å². The van der Waals surface area contributed by atoms with Crippen LogP contribution in [0.5, 0.6) is 0 Å². The first-order valence-electron chi connectivity index (χ1n) is 5.91. The van der Waals surface area contributed by atoms with Crippen LogP contribution in [0.3, 0.4) is 0 Å². The van der Waals surface area contributed by atoms with Crippen LogP contribution >= 0.6 is 0 Å². The highest BCUT2D eigenvalue weighted by atomic mass is 16.2. The number of hydrogen-bond acceptors (Lipinski definition) is 3. The van der Waals surface area contributed by atoms with Crippen molar-refractivity contribution >= 4 is 22.6 Å². The van der Waals surface area contributed by atoms with Gasteiger partial charge in [-0.05, 0) is 18.2 Å². The second-order valence-electron chi connectivity index (χ2n) is 4.48. The highest BCUT2D eigenvalue weighted by Crippen LogP contribution is 2.28. The number of rotatable bonds is 0. The first kappa shape index (κ1) is 10.2. The van der Waals surface area contributed by atoms with Gasteiger partial charge in [-0.3, -0.25) is 19.1 Å². The van der Waals surface area contributed by atoms with Gasteiger partial charge < -0.3 is 0 Å². The fourth-order valence-corrected chi connectivity index (χ4v) is 2.56. The lowest BCUT2D eigenvalue weighted by Gasteiger charge is -2.16. The van der Waals surface area contributed by atoms with Gasteiger partial charge in [-0.1, -0.05) is 18.2 Å². The summed E-state index contributed by atoms with van der Waals surface area (Å²) < 4.78 is 1.47. The number of pyridine rings is 1. The maximum Gasteiger partial charge on any atom is 0.265 e. The molecule has 3 aromatic rings. The van der Waals surface area contributed by atoms with E-state index >= 15 is 0 Å². The third kappa shape index (κ3) is 1.20. The van der Waals surface area contributed by atoms with E-state index in [0.717, 1.165) is 10.9 Å². The second kappa shape index (κ2) is 3.38. The van der Waals surface area contributed by atoms with E-state index in [4.69, 9.17) is 0 Å². The molecule has 4 rings (SSSR count). The zero-order valence-electron chi connectivity index (χ0n) is 9.83. The van der Waals surface area contributed by atoms with Crippen molar-refractivity contribution in [1.29, 1.82) is 0 Å². The molecule has 0 bridgehead atoms. The predicted octanol–water partition coefficient (Wildman–Crippen LogP) is 2.27. The van der Waals surface area contributed by atoms with Crippen LogP contribution in [0.2, 0.25) is 0 Å². The molecule has 4 heteroatoms. The standard InChI is InChI=1S/C15H8N2O2/c18-14-10-5-6-16-8-11(10)15(19)17-12-4-2-1-3-9(12)7-13(14)17/h1-8H. The minimum absolute atomic E-state index is 0.131. The molecule has 2 aromatic heterocycles. The Morgan fingerprint density at radius 1 is 1.00 bits per heavy atom. The van der Waals surface area contributed by atoms with Gasteiger partial charge in [-0.15, -0.1) is 0 Å². The molecule has 0 amide bonds. The monoisotopic (exact) mass is 248 g/mol. The molecule has 0 spiro atoms. The van der Waals surface area contributed by atoms with E-state index in [2.05, 4.69) is 4.98 Å². The summed E-state index contributed by atoms with van der Waals surface area (Å²) in [5, 5.41) is 0.889. The maximum atomic E-state index is 12.5. The molecular formula is C15H8N2O2. The Labute approximate surface area is 108 Å². The smallest absolute Gasteiger partial charge is 0.265 e. The van der Waals surface area contributed by atoms with Gasteiger partial charge in [0.1, 0.15) is 0 Å². The van der Waals surface area contributed by atoms with Crippen LogP contribution in [-0.2, 0) is 0 Å². The molecule has 1 aliphatic heterocycles. The first-order valence-corrected chi connectivity index (χ1v) is 5.91. The fraction of sp³-hybridized carbons (Fsp3) is 0. The Morgan fingerprint density at radius 2 is 1.84 bits per heavy atom. The molecule has 0 fully saturated rings. The van der Waals surface area contributed by atoms with E-state index in [1.165, 1.54) is 17.0 Å². The molecule has 0 atom stereocenters. The molecule has 0 aliphatic carbocycles. The number of nitrogens with zero attached hydrogens (tertiary/aromatic N) is 2. The topological polar surface area (TPSA) is 52.0 Å². The van der Waals surface area contributed by atoms with Crippen molar-refractivity contribution in [3.8, 4) is 0 Å². The number of ketones is 1. The molecule has 90 valence electrons. The Kier molecular flexibility index (Phi) is 1.82. The van der Waals surface area contributed by atoms with E-state index in [1.807, 2.05) is 24.3 Å². The van der Waals surface area contributed by atoms with Crippen LogP contribution in [-0.4, -0.2) is 21.2 Å². The Hall–Kier alpha value is -2.75. The Balaban J connectivity index is 2.14. The van der Waals surface area contributed by atoms with Crippen molar-refractivity contribution in [1.82, 2.24) is 9.55 Å². The van der Waals surface area contributed by atoms with Gasteiger partial charge in [0.15, 0.2) is 0 Å². The highest BCUT2D eigenvalue weighted by Gasteiger charge is 2.30. The summed E-state index contributed by atoms with van der Waals surface area (Å²) in [6.07, 6.45) is 2.98. The molecule has 4 nitrogen and oxygen atoms in total. The van der Waals surface area contributed by atoms with Crippen molar-refractivity contribution in [2.45, 2.75) is 0 Å². The van der Waals surface area contributed by atoms with Gasteiger partial charge in [-0.2, -0.15) is 0 Å². The second-order valence-corrected chi connectivity index (χ2v) is 4.48. The minimum atomic E-state index is -0.195. The van der Waals surface area contributed by atoms with Crippen LogP contribution < -0.4 is 0 Å². The fourth-order valence-electron chi connectivity index (χ4n) is 2.56. The van der Waals surface area contributed by atoms with E-state index in [0.29, 0.717) is 16.8 Å². The van der Waals surface area contributed by atoms with Crippen LogP contribution in [0.25, 0.3) is 10.9 Å². The SMILES string of the molecule is O=C1c2ccncc2C(=O)n2c1cc1ccccc12. The van der Waals surface area contributed by atoms with Crippen molar-refractivity contribution in [3.63, 3.8) is 0 Å². The maximum absolute atomic E-state index is 12.5. The third-order valence-electron chi connectivity index (χ3n) is 3.44. The molecule has 1 aliphatic rings. The van der Waals surface area contributed by atoms with Crippen LogP contribution in [0, 0.1) is 0 Å². The van der Waals surface area contributed by atoms with Gasteiger partial charge in [-0.25, -0.2) is 0 Å². The number of carbonyl (C=O) groups excluding carboxylic acids is 2. The van der Waals surface area contributed by atoms with Crippen molar-refractivity contribution in [3.05, 3.63) is 65.6 Å². The average molecular weight is 248 g/mol. The molecule has 19 heavy (non-hydrogen) atoms. The number of hydrogen-bond donors (Lipinski definition) is 0. The molecule has 0 saturated heterocycles. The highest BCUT2D eigenvalue weighted by molar-refractivity contribution is 6.23. The predicted molar refractivity (Wildman–Crippen MR) is 69.3 cm³/mol. The van der Waals surface area contributed by atoms with Crippen molar-refractivity contribution in [2.24, 2.45) is 0 Å². The summed E-state index contributed by atoms with van der Waals surface area (Å²) in [6, 6.07) is 10.8. The van der Waals surface area contributed by atoms with E-state index in [9.17, 15) is 9.59 Å². The molecule has 0 radical (unpaired) electrons. The summed E-state index contributed by atoms with van der Waals surface area (Å²) in [7, 11) is 0. The average Bonchev–Trinajstić information content (AvgIpc) is 2.84. The van der Waals surface area contributed by atoms with Gasteiger partial charge in [0.25, 0.3) is 5.91 Å². The quantitative estimate of drug-likeness (QED) is 0.479. The lowest BCUT2D eigenvalue weighted by atomic mass is 10.00. The molecule has 3 heterocycles. The summed E-state index contributed by atoms with van der Waals surface area (Å²) in [5.41, 5.74) is 1.96. The van der Waals surface area contributed by atoms with Gasteiger partial charge in [0.05, 0.1) is 16.8 Å². The number of benzene rings is 1. The van der Waals surface area contributed by atoms with E-state index in [1.54, 1.807) is 12.1 Å². The number of carbonyl (C=O) groups is 2. The van der Waals surface area contributed by atoms with Crippen molar-refractivity contribution < 1.29 is 9.59 Å². The lowest BCUT2D eigenvalue weighted by Crippen LogP contribution is -2.26. The molecular weight excluding hydrogens is 240 g/mol. The Bertz CT molecular complexity index is 861. The van der Waals surface area contributed by atoms with Crippen LogP contribution in [0.4, 0.5) is 0 Å². The van der Waals surface area contributed by atoms with Gasteiger partial charge in [0.2, 0.25) is 5.78 Å². The summed E-state index contributed by atoms with van der Waals surface area (Å²) in [6.45, 7) is 0. The van der Waals surface area contributed by atoms with Crippen LogP contribution in [0.1, 0.15) is 26.4 Å². The van der Waals surface area contributed by atoms with E-state index < -0.39 is 0 Å². The molecule has 0 unspecified atom stereocenters. The zero-order valence-corrected chi connectivity index (χ0v) is 9.83. The summed E-state index contributed by atoms with van der Waals surface area (Å²) in [5.74, 6) is -0.327. The lowest BCUT2D eigenvalue weighted by molar-refractivity contribution is 0.0914. The summed E-state index contributed by atoms with van der Waals surface area (Å²) in [4.78, 5) is 28.9. The zero-order chi connectivity index (χ0) is 13.0. The molecule has 1 aromatic carbocycles. The summed E-state index contributed by atoms with van der Waals surface area (Å²) >= 11 is 0. The number of aromatic nitrogens is 2. The number of para-hydroxylation sites is 1. The number of fused-ring (bicyclic) bond motifs is 4. The van der Waals surface area contributed by atoms with Gasteiger partial charge >= 0.3 is 0 Å². The normalized spacial score (nSPS) is 13.5. The third-order valence-corrected chi connectivity index (χ3v) is 3.44.